The summed E-state index contributed by atoms with van der Waals surface area (Å²) in [4.78, 5) is 20.7. The molecule has 0 saturated carbocycles. The molecule has 0 aliphatic heterocycles. The lowest BCUT2D eigenvalue weighted by Crippen LogP contribution is -2.34. The zero-order valence-electron chi connectivity index (χ0n) is 15.1. The minimum atomic E-state index is -0.838. The molecular weight excluding hydrogens is 334 g/mol. The van der Waals surface area contributed by atoms with Gasteiger partial charge in [0.1, 0.15) is 6.04 Å². The fourth-order valence-corrected chi connectivity index (χ4v) is 2.71. The third-order valence-corrected chi connectivity index (χ3v) is 4.17. The van der Waals surface area contributed by atoms with Crippen molar-refractivity contribution in [3.63, 3.8) is 0 Å². The molecule has 2 atom stereocenters. The summed E-state index contributed by atoms with van der Waals surface area (Å²) in [5.41, 5.74) is 2.60. The second-order valence-electron chi connectivity index (χ2n) is 6.19. The van der Waals surface area contributed by atoms with E-state index in [9.17, 15) is 9.59 Å². The summed E-state index contributed by atoms with van der Waals surface area (Å²) in [5.74, 6) is -1.63. The number of nitrogens with one attached hydrogen (secondary N) is 2. The van der Waals surface area contributed by atoms with Gasteiger partial charge in [-0.15, -0.1) is 0 Å². The summed E-state index contributed by atoms with van der Waals surface area (Å²) in [5, 5.41) is 31.1. The Bertz CT molecular complexity index is 627. The summed E-state index contributed by atoms with van der Waals surface area (Å²) in [6, 6.07) is 9.97. The predicted octanol–water partition coefficient (Wildman–Crippen LogP) is 2.09. The second kappa shape index (κ2) is 12.0. The molecule has 0 aromatic heterocycles. The fraction of sp³-hybridized carbons (Fsp3) is 0.526. The average molecular weight is 361 g/mol. The second-order valence-corrected chi connectivity index (χ2v) is 6.19. The molecular formula is C19H27N3O4. The molecule has 1 aromatic rings. The minimum Gasteiger partial charge on any atom is -0.480 e. The van der Waals surface area contributed by atoms with Crippen LogP contribution in [-0.4, -0.2) is 41.3 Å². The quantitative estimate of drug-likeness (QED) is 0.497. The van der Waals surface area contributed by atoms with Crippen molar-refractivity contribution in [2.24, 2.45) is 0 Å². The maximum atomic E-state index is 10.4. The molecule has 0 fully saturated rings. The van der Waals surface area contributed by atoms with E-state index >= 15 is 0 Å². The Morgan fingerprint density at radius 3 is 2.69 bits per heavy atom. The third kappa shape index (κ3) is 8.10. The highest BCUT2D eigenvalue weighted by Gasteiger charge is 2.21. The highest BCUT2D eigenvalue weighted by Crippen LogP contribution is 2.30. The van der Waals surface area contributed by atoms with Crippen molar-refractivity contribution < 1.29 is 19.8 Å². The van der Waals surface area contributed by atoms with Gasteiger partial charge in [-0.3, -0.25) is 9.59 Å². The van der Waals surface area contributed by atoms with Crippen LogP contribution in [0.25, 0.3) is 0 Å². The van der Waals surface area contributed by atoms with E-state index in [0.717, 1.165) is 25.7 Å². The van der Waals surface area contributed by atoms with Crippen molar-refractivity contribution in [2.75, 3.05) is 13.1 Å². The van der Waals surface area contributed by atoms with E-state index < -0.39 is 18.0 Å². The van der Waals surface area contributed by atoms with Gasteiger partial charge >= 0.3 is 11.9 Å². The van der Waals surface area contributed by atoms with Crippen LogP contribution in [0, 0.1) is 11.3 Å². The molecule has 1 aromatic carbocycles. The summed E-state index contributed by atoms with van der Waals surface area (Å²) >= 11 is 0. The number of aryl methyl sites for hydroxylation is 1. The van der Waals surface area contributed by atoms with E-state index in [0.29, 0.717) is 13.0 Å². The van der Waals surface area contributed by atoms with E-state index in [1.54, 1.807) is 6.92 Å². The molecule has 2 rings (SSSR count). The molecule has 7 heteroatoms. The number of nitrogens with zero attached hydrogens (tertiary/aromatic N) is 1. The Hall–Kier alpha value is -2.43. The average Bonchev–Trinajstić information content (AvgIpc) is 3.03. The van der Waals surface area contributed by atoms with Gasteiger partial charge in [-0.2, -0.15) is 5.26 Å². The first-order chi connectivity index (χ1) is 12.5. The lowest BCUT2D eigenvalue weighted by molar-refractivity contribution is -0.139. The molecule has 0 heterocycles. The number of unbranched alkanes of at least 4 members (excludes halogenated alkanes) is 2. The molecule has 1 unspecified atom stereocenters. The van der Waals surface area contributed by atoms with Gasteiger partial charge in [0.2, 0.25) is 0 Å². The van der Waals surface area contributed by atoms with Crippen molar-refractivity contribution in [2.45, 2.75) is 51.1 Å². The van der Waals surface area contributed by atoms with Crippen LogP contribution in [0.15, 0.2) is 24.3 Å². The van der Waals surface area contributed by atoms with Crippen LogP contribution < -0.4 is 10.6 Å². The van der Waals surface area contributed by atoms with Gasteiger partial charge in [-0.05, 0) is 50.3 Å². The van der Waals surface area contributed by atoms with Gasteiger partial charge in [-0.1, -0.05) is 24.3 Å². The summed E-state index contributed by atoms with van der Waals surface area (Å²) in [6.07, 6.45) is 4.28. The van der Waals surface area contributed by atoms with E-state index in [1.165, 1.54) is 11.1 Å². The predicted molar refractivity (Wildman–Crippen MR) is 97.7 cm³/mol. The Morgan fingerprint density at radius 1 is 1.31 bits per heavy atom. The molecule has 1 aliphatic carbocycles. The maximum Gasteiger partial charge on any atom is 0.320 e. The molecule has 26 heavy (non-hydrogen) atoms. The van der Waals surface area contributed by atoms with E-state index in [1.807, 2.05) is 18.2 Å². The number of hydrogen-bond acceptors (Lipinski definition) is 5. The number of benzene rings is 1. The zero-order valence-corrected chi connectivity index (χ0v) is 15.1. The summed E-state index contributed by atoms with van der Waals surface area (Å²) < 4.78 is 0. The number of carbonyl (C=O) groups is 2. The highest BCUT2D eigenvalue weighted by molar-refractivity contribution is 5.72. The molecule has 1 aliphatic rings. The van der Waals surface area contributed by atoms with Gasteiger partial charge in [-0.25, -0.2) is 0 Å². The first-order valence-electron chi connectivity index (χ1n) is 8.81. The number of carboxylic acids is 2. The van der Waals surface area contributed by atoms with Crippen LogP contribution in [0.1, 0.15) is 49.8 Å². The van der Waals surface area contributed by atoms with Gasteiger partial charge in [0.05, 0.1) is 12.6 Å². The van der Waals surface area contributed by atoms with Crippen LogP contribution in [0.5, 0.6) is 0 Å². The normalized spacial score (nSPS) is 15.9. The monoisotopic (exact) mass is 361 g/mol. The number of carboxylic acid groups (broad SMARTS) is 2. The maximum absolute atomic E-state index is 10.4. The van der Waals surface area contributed by atoms with E-state index in [-0.39, 0.29) is 12.6 Å². The molecule has 0 amide bonds. The van der Waals surface area contributed by atoms with Crippen molar-refractivity contribution in [3.05, 3.63) is 35.4 Å². The van der Waals surface area contributed by atoms with Crippen LogP contribution in [0.3, 0.4) is 0 Å². The molecule has 7 nitrogen and oxygen atoms in total. The lowest BCUT2D eigenvalue weighted by atomic mass is 10.1. The molecule has 0 radical (unpaired) electrons. The Morgan fingerprint density at radius 2 is 2.04 bits per heavy atom. The molecule has 4 N–H and O–H groups in total. The molecule has 0 saturated heterocycles. The van der Waals surface area contributed by atoms with Crippen molar-refractivity contribution in [3.8, 4) is 6.07 Å². The minimum absolute atomic E-state index is 0.0407. The summed E-state index contributed by atoms with van der Waals surface area (Å²) in [7, 11) is 0. The fourth-order valence-electron chi connectivity index (χ4n) is 2.71. The SMILES string of the molecule is C[C@H](NCCCCC#N)C(=O)O.O=C(O)CNC1CCc2ccccc21. The Labute approximate surface area is 154 Å². The number of rotatable bonds is 9. The highest BCUT2D eigenvalue weighted by atomic mass is 16.4. The number of fused-ring (bicyclic) bond motifs is 1. The van der Waals surface area contributed by atoms with E-state index in [4.69, 9.17) is 15.5 Å². The van der Waals surface area contributed by atoms with Crippen LogP contribution in [0.4, 0.5) is 0 Å². The van der Waals surface area contributed by atoms with Crippen LogP contribution in [0.2, 0.25) is 0 Å². The smallest absolute Gasteiger partial charge is 0.320 e. The Kier molecular flexibility index (Phi) is 9.98. The number of aliphatic carboxylic acids is 2. The topological polar surface area (TPSA) is 122 Å². The number of hydrogen-bond donors (Lipinski definition) is 4. The number of nitriles is 1. The molecule has 142 valence electrons. The van der Waals surface area contributed by atoms with Gasteiger partial charge < -0.3 is 20.8 Å². The van der Waals surface area contributed by atoms with Crippen LogP contribution in [-0.2, 0) is 16.0 Å². The first-order valence-corrected chi connectivity index (χ1v) is 8.81. The molecule has 0 spiro atoms. The molecule has 0 bridgehead atoms. The first kappa shape index (κ1) is 21.6. The van der Waals surface area contributed by atoms with Crippen molar-refractivity contribution >= 4 is 11.9 Å². The van der Waals surface area contributed by atoms with Gasteiger partial charge in [0.15, 0.2) is 0 Å². The Balaban J connectivity index is 0.000000265. The lowest BCUT2D eigenvalue weighted by Gasteiger charge is -2.11. The van der Waals surface area contributed by atoms with Gasteiger partial charge in [0, 0.05) is 12.5 Å². The zero-order chi connectivity index (χ0) is 19.4. The largest absolute Gasteiger partial charge is 0.480 e. The van der Waals surface area contributed by atoms with Crippen LogP contribution >= 0.6 is 0 Å². The van der Waals surface area contributed by atoms with Gasteiger partial charge in [0.25, 0.3) is 0 Å². The van der Waals surface area contributed by atoms with Crippen molar-refractivity contribution in [1.29, 1.82) is 5.26 Å². The van der Waals surface area contributed by atoms with Crippen molar-refractivity contribution in [1.82, 2.24) is 10.6 Å². The third-order valence-electron chi connectivity index (χ3n) is 4.17. The standard InChI is InChI=1S/C11H13NO2.C8H14N2O2/c13-11(14)7-12-10-6-5-8-3-1-2-4-9(8)10;1-7(8(11)12)10-6-4-2-3-5-9/h1-4,10,12H,5-7H2,(H,13,14);7,10H,2-4,6H2,1H3,(H,11,12)/t;7-/m.0/s1. The van der Waals surface area contributed by atoms with E-state index in [2.05, 4.69) is 22.8 Å². The summed E-state index contributed by atoms with van der Waals surface area (Å²) in [6.45, 7) is 2.31.